The molecule has 0 saturated carbocycles. The van der Waals surface area contributed by atoms with Crippen molar-refractivity contribution in [3.8, 4) is 0 Å². The minimum atomic E-state index is -0.336. The van der Waals surface area contributed by atoms with Crippen molar-refractivity contribution >= 4 is 5.97 Å². The Morgan fingerprint density at radius 3 is 2.50 bits per heavy atom. The van der Waals surface area contributed by atoms with Crippen LogP contribution in [0.25, 0.3) is 0 Å². The second kappa shape index (κ2) is 7.56. The molecule has 0 bridgehead atoms. The van der Waals surface area contributed by atoms with Gasteiger partial charge in [-0.1, -0.05) is 20.4 Å². The summed E-state index contributed by atoms with van der Waals surface area (Å²) in [4.78, 5) is 13.2. The van der Waals surface area contributed by atoms with Crippen LogP contribution < -0.4 is 0 Å². The first kappa shape index (κ1) is 13.2. The number of carbonyl (C=O) groups excluding carboxylic acids is 1. The summed E-state index contributed by atoms with van der Waals surface area (Å²) >= 11 is 0. The molecule has 0 aliphatic rings. The van der Waals surface area contributed by atoms with Crippen molar-refractivity contribution in [2.24, 2.45) is 0 Å². The lowest BCUT2D eigenvalue weighted by atomic mass is 10.2. The maximum atomic E-state index is 10.9. The smallest absolute Gasteiger partial charge is 0.330 e. The van der Waals surface area contributed by atoms with E-state index in [2.05, 4.69) is 25.3 Å². The van der Waals surface area contributed by atoms with Gasteiger partial charge in [0.1, 0.15) is 6.10 Å². The van der Waals surface area contributed by atoms with E-state index in [1.165, 1.54) is 6.08 Å². The third kappa shape index (κ3) is 5.75. The lowest BCUT2D eigenvalue weighted by Crippen LogP contribution is -2.27. The fraction of sp³-hybridized carbons (Fsp3) is 0.727. The monoisotopic (exact) mass is 199 g/mol. The van der Waals surface area contributed by atoms with Crippen molar-refractivity contribution in [1.82, 2.24) is 4.90 Å². The second-order valence-corrected chi connectivity index (χ2v) is 3.27. The molecule has 0 aromatic carbocycles. The topological polar surface area (TPSA) is 29.5 Å². The molecule has 0 aromatic rings. The Balaban J connectivity index is 3.66. The van der Waals surface area contributed by atoms with Crippen LogP contribution in [0.5, 0.6) is 0 Å². The van der Waals surface area contributed by atoms with Gasteiger partial charge >= 0.3 is 5.97 Å². The first-order valence-corrected chi connectivity index (χ1v) is 5.19. The molecule has 0 amide bonds. The molecule has 82 valence electrons. The molecule has 3 heteroatoms. The maximum absolute atomic E-state index is 10.9. The number of hydrogen-bond acceptors (Lipinski definition) is 3. The predicted molar refractivity (Wildman–Crippen MR) is 58.2 cm³/mol. The zero-order valence-corrected chi connectivity index (χ0v) is 9.45. The molecule has 0 spiro atoms. The van der Waals surface area contributed by atoms with Crippen molar-refractivity contribution in [2.45, 2.75) is 33.3 Å². The van der Waals surface area contributed by atoms with Crippen molar-refractivity contribution in [3.05, 3.63) is 12.7 Å². The van der Waals surface area contributed by atoms with E-state index in [1.807, 2.05) is 6.92 Å². The van der Waals surface area contributed by atoms with E-state index >= 15 is 0 Å². The van der Waals surface area contributed by atoms with E-state index in [1.54, 1.807) is 0 Å². The molecule has 1 unspecified atom stereocenters. The molecule has 0 aliphatic heterocycles. The molecular formula is C11H21NO2. The van der Waals surface area contributed by atoms with Crippen molar-refractivity contribution < 1.29 is 9.53 Å². The highest BCUT2D eigenvalue weighted by molar-refractivity contribution is 5.81. The van der Waals surface area contributed by atoms with Gasteiger partial charge in [-0.15, -0.1) is 0 Å². The standard InChI is InChI=1S/C11H21NO2/c1-5-11(13)14-10(4)8-9-12(6-2)7-3/h5,10H,1,6-9H2,2-4H3. The summed E-state index contributed by atoms with van der Waals surface area (Å²) in [7, 11) is 0. The molecule has 14 heavy (non-hydrogen) atoms. The Hall–Kier alpha value is -0.830. The Labute approximate surface area is 86.7 Å². The van der Waals surface area contributed by atoms with Crippen molar-refractivity contribution in [2.75, 3.05) is 19.6 Å². The Kier molecular flexibility index (Phi) is 7.11. The van der Waals surface area contributed by atoms with Crippen LogP contribution >= 0.6 is 0 Å². The summed E-state index contributed by atoms with van der Waals surface area (Å²) in [5, 5.41) is 0. The maximum Gasteiger partial charge on any atom is 0.330 e. The molecule has 0 aromatic heterocycles. The zero-order chi connectivity index (χ0) is 11.0. The van der Waals surface area contributed by atoms with Crippen LogP contribution in [-0.4, -0.2) is 36.6 Å². The Bertz CT molecular complexity index is 176. The zero-order valence-electron chi connectivity index (χ0n) is 9.45. The minimum Gasteiger partial charge on any atom is -0.459 e. The highest BCUT2D eigenvalue weighted by atomic mass is 16.5. The summed E-state index contributed by atoms with van der Waals surface area (Å²) in [5.41, 5.74) is 0. The first-order valence-electron chi connectivity index (χ1n) is 5.19. The molecule has 0 rings (SSSR count). The highest BCUT2D eigenvalue weighted by Crippen LogP contribution is 2.00. The molecule has 0 aliphatic carbocycles. The Morgan fingerprint density at radius 2 is 2.07 bits per heavy atom. The molecule has 3 nitrogen and oxygen atoms in total. The van der Waals surface area contributed by atoms with Gasteiger partial charge in [0.05, 0.1) is 0 Å². The van der Waals surface area contributed by atoms with Crippen LogP contribution in [0.2, 0.25) is 0 Å². The van der Waals surface area contributed by atoms with Gasteiger partial charge in [-0.05, 0) is 26.4 Å². The summed E-state index contributed by atoms with van der Waals surface area (Å²) in [5.74, 6) is -0.336. The fourth-order valence-corrected chi connectivity index (χ4v) is 1.21. The highest BCUT2D eigenvalue weighted by Gasteiger charge is 2.07. The quantitative estimate of drug-likeness (QED) is 0.463. The van der Waals surface area contributed by atoms with E-state index < -0.39 is 0 Å². The molecule has 0 radical (unpaired) electrons. The lowest BCUT2D eigenvalue weighted by molar-refractivity contribution is -0.142. The predicted octanol–water partition coefficient (Wildman–Crippen LogP) is 1.84. The number of esters is 1. The van der Waals surface area contributed by atoms with Gasteiger partial charge in [0.25, 0.3) is 0 Å². The van der Waals surface area contributed by atoms with Crippen LogP contribution in [-0.2, 0) is 9.53 Å². The van der Waals surface area contributed by atoms with Crippen LogP contribution in [0.3, 0.4) is 0 Å². The van der Waals surface area contributed by atoms with Gasteiger partial charge in [0.15, 0.2) is 0 Å². The van der Waals surface area contributed by atoms with E-state index in [0.717, 1.165) is 26.1 Å². The third-order valence-electron chi connectivity index (χ3n) is 2.23. The first-order chi connectivity index (χ1) is 6.63. The average Bonchev–Trinajstić information content (AvgIpc) is 2.19. The van der Waals surface area contributed by atoms with Crippen LogP contribution in [0, 0.1) is 0 Å². The fourth-order valence-electron chi connectivity index (χ4n) is 1.21. The van der Waals surface area contributed by atoms with Crippen LogP contribution in [0.1, 0.15) is 27.2 Å². The largest absolute Gasteiger partial charge is 0.459 e. The van der Waals surface area contributed by atoms with Gasteiger partial charge in [-0.2, -0.15) is 0 Å². The van der Waals surface area contributed by atoms with Gasteiger partial charge < -0.3 is 9.64 Å². The summed E-state index contributed by atoms with van der Waals surface area (Å²) in [6, 6.07) is 0. The molecule has 0 saturated heterocycles. The number of carbonyl (C=O) groups is 1. The van der Waals surface area contributed by atoms with Crippen LogP contribution in [0.4, 0.5) is 0 Å². The second-order valence-electron chi connectivity index (χ2n) is 3.27. The summed E-state index contributed by atoms with van der Waals surface area (Å²) < 4.78 is 5.06. The Morgan fingerprint density at radius 1 is 1.50 bits per heavy atom. The summed E-state index contributed by atoms with van der Waals surface area (Å²) in [6.07, 6.45) is 2.05. The lowest BCUT2D eigenvalue weighted by Gasteiger charge is -2.20. The SMILES string of the molecule is C=CC(=O)OC(C)CCN(CC)CC. The van der Waals surface area contributed by atoms with Gasteiger partial charge in [0, 0.05) is 12.6 Å². The third-order valence-corrected chi connectivity index (χ3v) is 2.23. The normalized spacial score (nSPS) is 12.6. The van der Waals surface area contributed by atoms with E-state index in [-0.39, 0.29) is 12.1 Å². The molecular weight excluding hydrogens is 178 g/mol. The number of ether oxygens (including phenoxy) is 1. The number of nitrogens with zero attached hydrogens (tertiary/aromatic N) is 1. The molecule has 1 atom stereocenters. The molecule has 0 N–H and O–H groups in total. The van der Waals surface area contributed by atoms with E-state index in [9.17, 15) is 4.79 Å². The molecule has 0 fully saturated rings. The van der Waals surface area contributed by atoms with E-state index in [4.69, 9.17) is 4.74 Å². The summed E-state index contributed by atoms with van der Waals surface area (Å²) in [6.45, 7) is 12.6. The average molecular weight is 199 g/mol. The minimum absolute atomic E-state index is 0.0268. The molecule has 0 heterocycles. The number of rotatable bonds is 7. The van der Waals surface area contributed by atoms with Crippen LogP contribution in [0.15, 0.2) is 12.7 Å². The van der Waals surface area contributed by atoms with Crippen molar-refractivity contribution in [1.29, 1.82) is 0 Å². The van der Waals surface area contributed by atoms with Gasteiger partial charge in [-0.3, -0.25) is 0 Å². The van der Waals surface area contributed by atoms with E-state index in [0.29, 0.717) is 0 Å². The van der Waals surface area contributed by atoms with Gasteiger partial charge in [-0.25, -0.2) is 4.79 Å². The van der Waals surface area contributed by atoms with Gasteiger partial charge in [0.2, 0.25) is 0 Å². The van der Waals surface area contributed by atoms with Crippen molar-refractivity contribution in [3.63, 3.8) is 0 Å². The number of hydrogen-bond donors (Lipinski definition) is 0.